The molecule has 0 bridgehead atoms. The maximum absolute atomic E-state index is 2.60. The van der Waals surface area contributed by atoms with E-state index in [0.29, 0.717) is 0 Å². The Bertz CT molecular complexity index is 701. The Kier molecular flexibility index (Phi) is 6.80. The molecule has 0 aliphatic rings. The summed E-state index contributed by atoms with van der Waals surface area (Å²) in [6.45, 7) is 6.91. The van der Waals surface area contributed by atoms with E-state index in [4.69, 9.17) is 0 Å². The minimum Gasteiger partial charge on any atom is -1.00 e. The third-order valence-corrected chi connectivity index (χ3v) is 9.45. The molecule has 3 rings (SSSR count). The van der Waals surface area contributed by atoms with Gasteiger partial charge in [-0.25, -0.2) is 0 Å². The first-order valence-electron chi connectivity index (χ1n) is 8.77. The van der Waals surface area contributed by atoms with Crippen LogP contribution in [-0.4, -0.2) is 17.3 Å². The van der Waals surface area contributed by atoms with Crippen LogP contribution < -0.4 is 32.9 Å². The van der Waals surface area contributed by atoms with Gasteiger partial charge >= 0.3 is 0 Å². The molecule has 3 heteroatoms. The van der Waals surface area contributed by atoms with Gasteiger partial charge in [0.2, 0.25) is 0 Å². The molecule has 3 aromatic rings. The van der Waals surface area contributed by atoms with Gasteiger partial charge in [0.05, 0.1) is 0 Å². The quantitative estimate of drug-likeness (QED) is 0.572. The van der Waals surface area contributed by atoms with Gasteiger partial charge in [-0.05, 0) is 57.2 Å². The highest BCUT2D eigenvalue weighted by molar-refractivity contribution is 7.93. The molecule has 0 fully saturated rings. The van der Waals surface area contributed by atoms with E-state index < -0.39 is 7.41 Å². The van der Waals surface area contributed by atoms with Crippen molar-refractivity contribution in [3.8, 4) is 0 Å². The molecule has 0 amide bonds. The zero-order valence-electron chi connectivity index (χ0n) is 15.9. The van der Waals surface area contributed by atoms with Crippen LogP contribution in [0.4, 0.5) is 0 Å². The van der Waals surface area contributed by atoms with Crippen LogP contribution in [-0.2, 0) is 0 Å². The molecule has 136 valence electrons. The summed E-state index contributed by atoms with van der Waals surface area (Å²) in [7, 11) is 0.346. The minimum absolute atomic E-state index is 0. The highest BCUT2D eigenvalue weighted by Crippen LogP contribution is 2.60. The normalized spacial score (nSPS) is 11.9. The molecule has 0 atom stereocenters. The lowest BCUT2D eigenvalue weighted by atomic mass is 10.1. The van der Waals surface area contributed by atoms with Gasteiger partial charge in [0, 0.05) is 12.6 Å². The topological polar surface area (TPSA) is 3.24 Å². The molecule has 0 aliphatic carbocycles. The molecule has 0 saturated carbocycles. The Balaban J connectivity index is 0.00000243. The van der Waals surface area contributed by atoms with E-state index in [9.17, 15) is 0 Å². The second kappa shape index (κ2) is 8.48. The molecule has 0 aliphatic heterocycles. The first-order valence-corrected chi connectivity index (χ1v) is 10.5. The molecule has 0 unspecified atom stereocenters. The number of hydrogen-bond acceptors (Lipinski definition) is 1. The molecule has 0 aromatic heterocycles. The van der Waals surface area contributed by atoms with Crippen LogP contribution in [0.5, 0.6) is 0 Å². The molecule has 0 heterocycles. The zero-order valence-corrected chi connectivity index (χ0v) is 18.4. The average Bonchev–Trinajstić information content (AvgIpc) is 2.64. The standard InChI is InChI=1S/C23H27NP.BrH/c1-23(2,3)24(4)25(20-14-8-5-9-15-20,21-16-10-6-11-17-21)22-18-12-7-13-19-22;/h5-19H,1-4H3;1H/q+1;/p-1. The highest BCUT2D eigenvalue weighted by Gasteiger charge is 2.53. The minimum atomic E-state index is -1.93. The van der Waals surface area contributed by atoms with E-state index in [2.05, 4.69) is 123 Å². The van der Waals surface area contributed by atoms with Crippen molar-refractivity contribution in [2.75, 3.05) is 7.05 Å². The maximum Gasteiger partial charge on any atom is 0.181 e. The molecule has 1 nitrogen and oxygen atoms in total. The molecule has 0 N–H and O–H groups in total. The molecule has 26 heavy (non-hydrogen) atoms. The Labute approximate surface area is 169 Å². The molecule has 3 aromatic carbocycles. The van der Waals surface area contributed by atoms with Crippen molar-refractivity contribution in [1.82, 2.24) is 4.67 Å². The fourth-order valence-corrected chi connectivity index (χ4v) is 7.99. The van der Waals surface area contributed by atoms with Gasteiger partial charge in [-0.2, -0.15) is 4.67 Å². The molecular formula is C23H27BrNP. The fourth-order valence-electron chi connectivity index (χ4n) is 3.35. The van der Waals surface area contributed by atoms with Crippen molar-refractivity contribution >= 4 is 23.3 Å². The number of nitrogens with zero attached hydrogens (tertiary/aromatic N) is 1. The molecule has 0 spiro atoms. The summed E-state index contributed by atoms with van der Waals surface area (Å²) in [5.41, 5.74) is 0.0370. The number of hydrogen-bond donors (Lipinski definition) is 0. The highest BCUT2D eigenvalue weighted by atomic mass is 79.9. The Hall–Kier alpha value is -1.47. The summed E-state index contributed by atoms with van der Waals surface area (Å²) in [6, 6.07) is 33.0. The van der Waals surface area contributed by atoms with Crippen molar-refractivity contribution in [2.24, 2.45) is 0 Å². The van der Waals surface area contributed by atoms with Gasteiger partial charge < -0.3 is 17.0 Å². The van der Waals surface area contributed by atoms with Crippen LogP contribution in [0.3, 0.4) is 0 Å². The largest absolute Gasteiger partial charge is 1.00 e. The summed E-state index contributed by atoms with van der Waals surface area (Å²) in [4.78, 5) is 0. The van der Waals surface area contributed by atoms with Crippen molar-refractivity contribution in [3.05, 3.63) is 91.0 Å². The Morgan fingerprint density at radius 1 is 0.577 bits per heavy atom. The van der Waals surface area contributed by atoms with E-state index >= 15 is 0 Å². The summed E-state index contributed by atoms with van der Waals surface area (Å²) in [6.07, 6.45) is 0. The number of rotatable bonds is 4. The van der Waals surface area contributed by atoms with Crippen molar-refractivity contribution in [2.45, 2.75) is 26.3 Å². The number of halogens is 1. The lowest BCUT2D eigenvalue weighted by Gasteiger charge is -2.41. The third-order valence-electron chi connectivity index (χ3n) is 4.81. The second-order valence-electron chi connectivity index (χ2n) is 7.34. The SMILES string of the molecule is CN(C(C)(C)C)[P+](c1ccccc1)(c1ccccc1)c1ccccc1.[Br-]. The van der Waals surface area contributed by atoms with Gasteiger partial charge in [-0.3, -0.25) is 0 Å². The first-order chi connectivity index (χ1) is 12.0. The van der Waals surface area contributed by atoms with Crippen LogP contribution >= 0.6 is 7.41 Å². The molecule has 0 saturated heterocycles. The van der Waals surface area contributed by atoms with Crippen LogP contribution in [0, 0.1) is 0 Å². The summed E-state index contributed by atoms with van der Waals surface area (Å²) in [5.74, 6) is 0. The predicted molar refractivity (Wildman–Crippen MR) is 113 cm³/mol. The van der Waals surface area contributed by atoms with E-state index in [1.807, 2.05) is 0 Å². The van der Waals surface area contributed by atoms with Gasteiger partial charge in [0.25, 0.3) is 0 Å². The summed E-state index contributed by atoms with van der Waals surface area (Å²) in [5, 5.41) is 4.18. The van der Waals surface area contributed by atoms with Crippen LogP contribution in [0.25, 0.3) is 0 Å². The molecule has 0 radical (unpaired) electrons. The van der Waals surface area contributed by atoms with Crippen LogP contribution in [0.1, 0.15) is 20.8 Å². The van der Waals surface area contributed by atoms with E-state index in [1.165, 1.54) is 15.9 Å². The Morgan fingerprint density at radius 2 is 0.846 bits per heavy atom. The lowest BCUT2D eigenvalue weighted by molar-refractivity contribution is -0.00000585. The molecular weight excluding hydrogens is 401 g/mol. The van der Waals surface area contributed by atoms with Gasteiger partial charge in [0.15, 0.2) is 7.41 Å². The summed E-state index contributed by atoms with van der Waals surface area (Å²) < 4.78 is 2.60. The first kappa shape index (κ1) is 20.8. The smallest absolute Gasteiger partial charge is 0.181 e. The van der Waals surface area contributed by atoms with Gasteiger partial charge in [-0.15, -0.1) is 0 Å². The van der Waals surface area contributed by atoms with Gasteiger partial charge in [0.1, 0.15) is 15.9 Å². The number of benzene rings is 3. The second-order valence-corrected chi connectivity index (χ2v) is 10.8. The van der Waals surface area contributed by atoms with Crippen LogP contribution in [0.2, 0.25) is 0 Å². The predicted octanol–water partition coefficient (Wildman–Crippen LogP) is 1.63. The van der Waals surface area contributed by atoms with Crippen molar-refractivity contribution in [1.29, 1.82) is 0 Å². The third kappa shape index (κ3) is 3.78. The zero-order chi connectivity index (χ0) is 17.9. The van der Waals surface area contributed by atoms with Crippen molar-refractivity contribution in [3.63, 3.8) is 0 Å². The fraction of sp³-hybridized carbons (Fsp3) is 0.217. The maximum atomic E-state index is 2.60. The van der Waals surface area contributed by atoms with Crippen molar-refractivity contribution < 1.29 is 17.0 Å². The lowest BCUT2D eigenvalue weighted by Crippen LogP contribution is -3.00. The average molecular weight is 428 g/mol. The van der Waals surface area contributed by atoms with E-state index in [-0.39, 0.29) is 22.5 Å². The van der Waals surface area contributed by atoms with E-state index in [1.54, 1.807) is 0 Å². The van der Waals surface area contributed by atoms with Gasteiger partial charge in [-0.1, -0.05) is 54.6 Å². The van der Waals surface area contributed by atoms with Crippen LogP contribution in [0.15, 0.2) is 91.0 Å². The summed E-state index contributed by atoms with van der Waals surface area (Å²) >= 11 is 0. The Morgan fingerprint density at radius 3 is 1.08 bits per heavy atom. The monoisotopic (exact) mass is 427 g/mol. The van der Waals surface area contributed by atoms with E-state index in [0.717, 1.165) is 0 Å².